The van der Waals surface area contributed by atoms with Crippen LogP contribution in [-0.2, 0) is 6.54 Å². The molecule has 0 saturated carbocycles. The van der Waals surface area contributed by atoms with Gasteiger partial charge in [-0.25, -0.2) is 0 Å². The third-order valence-electron chi connectivity index (χ3n) is 3.04. The summed E-state index contributed by atoms with van der Waals surface area (Å²) in [5, 5.41) is 0. The van der Waals surface area contributed by atoms with Gasteiger partial charge in [0.05, 0.1) is 5.69 Å². The smallest absolute Gasteiger partial charge is 0.0531 e. The van der Waals surface area contributed by atoms with Gasteiger partial charge in [-0.2, -0.15) is 0 Å². The number of terminal acetylenes is 1. The highest BCUT2D eigenvalue weighted by Gasteiger charge is 2.09. The zero-order chi connectivity index (χ0) is 14.4. The van der Waals surface area contributed by atoms with Gasteiger partial charge in [0.15, 0.2) is 0 Å². The summed E-state index contributed by atoms with van der Waals surface area (Å²) in [7, 11) is 0. The van der Waals surface area contributed by atoms with Crippen LogP contribution in [-0.4, -0.2) is 6.54 Å². The van der Waals surface area contributed by atoms with Crippen LogP contribution in [0.15, 0.2) is 65.7 Å². The van der Waals surface area contributed by atoms with Crippen LogP contribution in [0.4, 0.5) is 5.69 Å². The lowest BCUT2D eigenvalue weighted by Crippen LogP contribution is -2.23. The maximum Gasteiger partial charge on any atom is 0.0531 e. The number of nitrogens with zero attached hydrogens (tertiary/aromatic N) is 1. The zero-order valence-electron chi connectivity index (χ0n) is 11.2. The molecule has 0 heterocycles. The van der Waals surface area contributed by atoms with Gasteiger partial charge in [-0.05, 0) is 29.8 Å². The first-order valence-corrected chi connectivity index (χ1v) is 7.20. The average molecular weight is 326 g/mol. The summed E-state index contributed by atoms with van der Waals surface area (Å²) in [6, 6.07) is 16.3. The number of para-hydroxylation sites is 1. The third kappa shape index (κ3) is 3.53. The van der Waals surface area contributed by atoms with Crippen molar-refractivity contribution in [1.82, 2.24) is 0 Å². The summed E-state index contributed by atoms with van der Waals surface area (Å²) in [5.41, 5.74) is 3.21. The molecule has 0 aliphatic heterocycles. The number of hydrogen-bond acceptors (Lipinski definition) is 1. The summed E-state index contributed by atoms with van der Waals surface area (Å²) in [4.78, 5) is 2.23. The van der Waals surface area contributed by atoms with Crippen LogP contribution < -0.4 is 4.90 Å². The summed E-state index contributed by atoms with van der Waals surface area (Å²) in [5.74, 6) is 2.75. The second-order valence-corrected chi connectivity index (χ2v) is 5.37. The molecule has 0 bridgehead atoms. The fraction of sp³-hybridized carbons (Fsp3) is 0.111. The summed E-state index contributed by atoms with van der Waals surface area (Å²) in [6.07, 6.45) is 7.48. The van der Waals surface area contributed by atoms with E-state index >= 15 is 0 Å². The van der Waals surface area contributed by atoms with Crippen molar-refractivity contribution in [3.05, 3.63) is 76.8 Å². The van der Waals surface area contributed by atoms with E-state index in [1.165, 1.54) is 5.56 Å². The molecule has 2 rings (SSSR count). The molecule has 0 spiro atoms. The van der Waals surface area contributed by atoms with Gasteiger partial charge in [0.2, 0.25) is 0 Å². The van der Waals surface area contributed by atoms with Crippen molar-refractivity contribution in [2.45, 2.75) is 6.54 Å². The normalized spacial score (nSPS) is 9.80. The summed E-state index contributed by atoms with van der Waals surface area (Å²) >= 11 is 3.45. The number of hydrogen-bond donors (Lipinski definition) is 0. The fourth-order valence-corrected chi connectivity index (χ4v) is 2.35. The van der Waals surface area contributed by atoms with E-state index in [0.29, 0.717) is 0 Å². The highest BCUT2D eigenvalue weighted by atomic mass is 79.9. The highest BCUT2D eigenvalue weighted by molar-refractivity contribution is 9.10. The molecule has 0 amide bonds. The number of anilines is 1. The molecule has 0 radical (unpaired) electrons. The Morgan fingerprint density at radius 1 is 1.15 bits per heavy atom. The Morgan fingerprint density at radius 3 is 2.50 bits per heavy atom. The van der Waals surface area contributed by atoms with Gasteiger partial charge in [0.25, 0.3) is 0 Å². The first kappa shape index (κ1) is 14.4. The number of halogens is 1. The van der Waals surface area contributed by atoms with Crippen molar-refractivity contribution in [1.29, 1.82) is 0 Å². The monoisotopic (exact) mass is 325 g/mol. The Morgan fingerprint density at radius 2 is 1.85 bits per heavy atom. The predicted octanol–water partition coefficient (Wildman–Crippen LogP) is 4.62. The molecule has 0 unspecified atom stereocenters. The maximum absolute atomic E-state index is 5.59. The van der Waals surface area contributed by atoms with Crippen molar-refractivity contribution >= 4 is 21.6 Å². The Hall–Kier alpha value is -1.98. The summed E-state index contributed by atoms with van der Waals surface area (Å²) in [6.45, 7) is 5.40. The van der Waals surface area contributed by atoms with Gasteiger partial charge < -0.3 is 4.90 Å². The third-order valence-corrected chi connectivity index (χ3v) is 3.57. The van der Waals surface area contributed by atoms with Crippen LogP contribution in [0.1, 0.15) is 11.1 Å². The highest BCUT2D eigenvalue weighted by Crippen LogP contribution is 2.22. The molecular formula is C18H16BrN. The molecule has 0 N–H and O–H groups in total. The van der Waals surface area contributed by atoms with Gasteiger partial charge in [0, 0.05) is 23.1 Å². The van der Waals surface area contributed by atoms with Crippen molar-refractivity contribution in [2.75, 3.05) is 11.4 Å². The minimum Gasteiger partial charge on any atom is -0.362 e. The lowest BCUT2D eigenvalue weighted by molar-refractivity contribution is 0.866. The molecular weight excluding hydrogens is 310 g/mol. The topological polar surface area (TPSA) is 3.24 Å². The zero-order valence-corrected chi connectivity index (χ0v) is 12.8. The van der Waals surface area contributed by atoms with Crippen molar-refractivity contribution < 1.29 is 0 Å². The largest absolute Gasteiger partial charge is 0.362 e. The van der Waals surface area contributed by atoms with Gasteiger partial charge in [-0.1, -0.05) is 52.2 Å². The first-order chi connectivity index (χ1) is 9.74. The maximum atomic E-state index is 5.59. The van der Waals surface area contributed by atoms with Crippen LogP contribution in [0.25, 0.3) is 0 Å². The van der Waals surface area contributed by atoms with Crippen LogP contribution in [0.2, 0.25) is 0 Å². The van der Waals surface area contributed by atoms with Crippen LogP contribution in [0.3, 0.4) is 0 Å². The molecule has 0 aliphatic carbocycles. The van der Waals surface area contributed by atoms with E-state index in [2.05, 4.69) is 63.7 Å². The lowest BCUT2D eigenvalue weighted by Gasteiger charge is -2.24. The SMILES string of the molecule is C#Cc1ccccc1N(CC=C)Cc1ccc(Br)cc1. The predicted molar refractivity (Wildman–Crippen MR) is 89.8 cm³/mol. The molecule has 100 valence electrons. The molecule has 0 atom stereocenters. The Labute approximate surface area is 129 Å². The Balaban J connectivity index is 2.29. The molecule has 1 nitrogen and oxygen atoms in total. The van der Waals surface area contributed by atoms with E-state index in [9.17, 15) is 0 Å². The standard InChI is InChI=1S/C18H16BrN/c1-3-13-20(14-15-9-11-17(19)12-10-15)18-8-6-5-7-16(18)4-2/h2-3,5-12H,1,13-14H2. The van der Waals surface area contributed by atoms with E-state index in [0.717, 1.165) is 28.8 Å². The van der Waals surface area contributed by atoms with E-state index in [1.807, 2.05) is 24.3 Å². The molecule has 2 aromatic carbocycles. The molecule has 0 fully saturated rings. The Kier molecular flexibility index (Phi) is 5.03. The Bertz CT molecular complexity index is 623. The van der Waals surface area contributed by atoms with Crippen molar-refractivity contribution in [2.24, 2.45) is 0 Å². The minimum atomic E-state index is 0.759. The second kappa shape index (κ2) is 6.98. The van der Waals surface area contributed by atoms with Gasteiger partial charge in [0.1, 0.15) is 0 Å². The van der Waals surface area contributed by atoms with Crippen LogP contribution in [0.5, 0.6) is 0 Å². The molecule has 0 aliphatic rings. The lowest BCUT2D eigenvalue weighted by atomic mass is 10.1. The van der Waals surface area contributed by atoms with Gasteiger partial charge >= 0.3 is 0 Å². The number of rotatable bonds is 5. The van der Waals surface area contributed by atoms with E-state index in [1.54, 1.807) is 0 Å². The first-order valence-electron chi connectivity index (χ1n) is 6.40. The van der Waals surface area contributed by atoms with Crippen LogP contribution in [0, 0.1) is 12.3 Å². The average Bonchev–Trinajstić information content (AvgIpc) is 2.49. The number of benzene rings is 2. The second-order valence-electron chi connectivity index (χ2n) is 4.46. The van der Waals surface area contributed by atoms with Crippen molar-refractivity contribution in [3.8, 4) is 12.3 Å². The molecule has 2 aromatic rings. The molecule has 2 heteroatoms. The van der Waals surface area contributed by atoms with Crippen molar-refractivity contribution in [3.63, 3.8) is 0 Å². The fourth-order valence-electron chi connectivity index (χ4n) is 2.09. The van der Waals surface area contributed by atoms with Crippen LogP contribution >= 0.6 is 15.9 Å². The molecule has 20 heavy (non-hydrogen) atoms. The molecule has 0 aromatic heterocycles. The van der Waals surface area contributed by atoms with E-state index < -0.39 is 0 Å². The quantitative estimate of drug-likeness (QED) is 0.572. The summed E-state index contributed by atoms with van der Waals surface area (Å²) < 4.78 is 1.08. The van der Waals surface area contributed by atoms with Gasteiger partial charge in [-0.15, -0.1) is 13.0 Å². The minimum absolute atomic E-state index is 0.759. The van der Waals surface area contributed by atoms with E-state index in [-0.39, 0.29) is 0 Å². The molecule has 0 saturated heterocycles. The van der Waals surface area contributed by atoms with Gasteiger partial charge in [-0.3, -0.25) is 0 Å². The van der Waals surface area contributed by atoms with E-state index in [4.69, 9.17) is 6.42 Å².